The molecule has 1 aliphatic rings. The highest BCUT2D eigenvalue weighted by atomic mass is 19.1. The van der Waals surface area contributed by atoms with Crippen LogP contribution in [0.5, 0.6) is 5.75 Å². The summed E-state index contributed by atoms with van der Waals surface area (Å²) in [5.74, 6) is -0.611. The molecule has 1 atom stereocenters. The van der Waals surface area contributed by atoms with Gasteiger partial charge in [-0.25, -0.2) is 14.4 Å². The van der Waals surface area contributed by atoms with Gasteiger partial charge in [0.15, 0.2) is 11.6 Å². The molecule has 0 bridgehead atoms. The van der Waals surface area contributed by atoms with Gasteiger partial charge < -0.3 is 14.4 Å². The van der Waals surface area contributed by atoms with Gasteiger partial charge in [0, 0.05) is 30.5 Å². The summed E-state index contributed by atoms with van der Waals surface area (Å²) in [6, 6.07) is 6.13. The lowest BCUT2D eigenvalue weighted by molar-refractivity contribution is -0.0247. The maximum absolute atomic E-state index is 13.8. The van der Waals surface area contributed by atoms with Crippen molar-refractivity contribution < 1.29 is 18.7 Å². The molecule has 0 saturated carbocycles. The number of morpholine rings is 1. The third-order valence-electron chi connectivity index (χ3n) is 4.19. The Bertz CT molecular complexity index is 727. The molecule has 0 spiro atoms. The topological polar surface area (TPSA) is 64.5 Å². The van der Waals surface area contributed by atoms with Crippen molar-refractivity contribution in [2.24, 2.45) is 0 Å². The van der Waals surface area contributed by atoms with Crippen molar-refractivity contribution in [1.82, 2.24) is 14.9 Å². The summed E-state index contributed by atoms with van der Waals surface area (Å²) in [5.41, 5.74) is 1.26. The minimum absolute atomic E-state index is 0.0595. The molecule has 0 aliphatic carbocycles. The smallest absolute Gasteiger partial charge is 0.254 e. The zero-order valence-electron chi connectivity index (χ0n) is 14.0. The van der Waals surface area contributed by atoms with Gasteiger partial charge in [-0.2, -0.15) is 0 Å². The van der Waals surface area contributed by atoms with Gasteiger partial charge in [0.1, 0.15) is 6.33 Å². The summed E-state index contributed by atoms with van der Waals surface area (Å²) in [5, 5.41) is 0. The van der Waals surface area contributed by atoms with Crippen molar-refractivity contribution in [3.8, 4) is 5.75 Å². The van der Waals surface area contributed by atoms with E-state index in [1.807, 2.05) is 6.07 Å². The monoisotopic (exact) mass is 345 g/mol. The number of carbonyl (C=O) groups is 1. The second-order valence-corrected chi connectivity index (χ2v) is 5.83. The first-order valence-corrected chi connectivity index (χ1v) is 8.16. The highest BCUT2D eigenvalue weighted by Gasteiger charge is 2.25. The molecular weight excluding hydrogens is 325 g/mol. The summed E-state index contributed by atoms with van der Waals surface area (Å²) < 4.78 is 24.5. The molecule has 0 N–H and O–H groups in total. The summed E-state index contributed by atoms with van der Waals surface area (Å²) in [7, 11) is 1.39. The van der Waals surface area contributed by atoms with Crippen molar-refractivity contribution in [3.63, 3.8) is 0 Å². The molecule has 1 unspecified atom stereocenters. The average molecular weight is 345 g/mol. The maximum atomic E-state index is 13.8. The molecule has 1 fully saturated rings. The number of hydrogen-bond donors (Lipinski definition) is 0. The van der Waals surface area contributed by atoms with Gasteiger partial charge in [-0.1, -0.05) is 0 Å². The third-order valence-corrected chi connectivity index (χ3v) is 4.19. The molecule has 1 aromatic heterocycles. The van der Waals surface area contributed by atoms with Crippen LogP contribution < -0.4 is 4.74 Å². The lowest BCUT2D eigenvalue weighted by Crippen LogP contribution is -2.45. The third kappa shape index (κ3) is 4.30. The van der Waals surface area contributed by atoms with Crippen LogP contribution in [0.15, 0.2) is 36.8 Å². The largest absolute Gasteiger partial charge is 0.494 e. The Labute approximate surface area is 145 Å². The van der Waals surface area contributed by atoms with Gasteiger partial charge in [0.25, 0.3) is 5.91 Å². The van der Waals surface area contributed by atoms with Gasteiger partial charge in [-0.3, -0.25) is 4.79 Å². The molecule has 7 heteroatoms. The highest BCUT2D eigenvalue weighted by Crippen LogP contribution is 2.20. The highest BCUT2D eigenvalue weighted by molar-refractivity contribution is 5.94. The first-order valence-electron chi connectivity index (χ1n) is 8.16. The van der Waals surface area contributed by atoms with Crippen molar-refractivity contribution >= 4 is 5.91 Å². The van der Waals surface area contributed by atoms with E-state index in [0.717, 1.165) is 18.5 Å². The summed E-state index contributed by atoms with van der Waals surface area (Å²) in [6.45, 7) is 1.45. The van der Waals surface area contributed by atoms with Crippen LogP contribution in [0.4, 0.5) is 4.39 Å². The van der Waals surface area contributed by atoms with Crippen molar-refractivity contribution in [1.29, 1.82) is 0 Å². The van der Waals surface area contributed by atoms with Crippen molar-refractivity contribution in [2.45, 2.75) is 18.9 Å². The molecule has 132 valence electrons. The van der Waals surface area contributed by atoms with Gasteiger partial charge in [0.2, 0.25) is 0 Å². The molecule has 1 aliphatic heterocycles. The second kappa shape index (κ2) is 8.02. The van der Waals surface area contributed by atoms with Crippen LogP contribution in [-0.4, -0.2) is 53.7 Å². The number of aryl methyl sites for hydroxylation is 1. The van der Waals surface area contributed by atoms with Crippen molar-refractivity contribution in [3.05, 3.63) is 53.9 Å². The van der Waals surface area contributed by atoms with E-state index in [1.165, 1.54) is 25.6 Å². The number of aromatic nitrogens is 2. The number of ether oxygens (including phenoxy) is 2. The molecule has 25 heavy (non-hydrogen) atoms. The van der Waals surface area contributed by atoms with Crippen LogP contribution >= 0.6 is 0 Å². The molecular formula is C18H20FN3O3. The maximum Gasteiger partial charge on any atom is 0.254 e. The van der Waals surface area contributed by atoms with E-state index in [4.69, 9.17) is 9.47 Å². The molecule has 1 saturated heterocycles. The second-order valence-electron chi connectivity index (χ2n) is 5.83. The van der Waals surface area contributed by atoms with Gasteiger partial charge in [0.05, 0.1) is 19.8 Å². The Morgan fingerprint density at radius 1 is 1.44 bits per heavy atom. The number of benzene rings is 1. The predicted octanol–water partition coefficient (Wildman–Crippen LogP) is 2.10. The Kier molecular flexibility index (Phi) is 5.55. The normalized spacial score (nSPS) is 17.4. The van der Waals surface area contributed by atoms with E-state index >= 15 is 0 Å². The summed E-state index contributed by atoms with van der Waals surface area (Å²) in [6.07, 6.45) is 4.68. The first-order chi connectivity index (χ1) is 12.2. The van der Waals surface area contributed by atoms with Crippen LogP contribution in [0, 0.1) is 5.82 Å². The number of amides is 1. The predicted molar refractivity (Wildman–Crippen MR) is 88.9 cm³/mol. The fourth-order valence-corrected chi connectivity index (χ4v) is 2.84. The van der Waals surface area contributed by atoms with E-state index in [2.05, 4.69) is 9.97 Å². The van der Waals surface area contributed by atoms with E-state index < -0.39 is 5.82 Å². The molecule has 1 aromatic carbocycles. The Morgan fingerprint density at radius 3 is 3.04 bits per heavy atom. The van der Waals surface area contributed by atoms with Crippen LogP contribution in [0.2, 0.25) is 0 Å². The zero-order valence-corrected chi connectivity index (χ0v) is 14.0. The van der Waals surface area contributed by atoms with Crippen LogP contribution in [-0.2, 0) is 11.2 Å². The molecule has 2 heterocycles. The number of methoxy groups -OCH3 is 1. The minimum atomic E-state index is -0.540. The van der Waals surface area contributed by atoms with Crippen LogP contribution in [0.1, 0.15) is 22.5 Å². The SMILES string of the molecule is COc1ccc(C(=O)N2CCOC(CCc3ccncn3)C2)cc1F. The zero-order chi connectivity index (χ0) is 17.6. The fraction of sp³-hybridized carbons (Fsp3) is 0.389. The molecule has 2 aromatic rings. The van der Waals surface area contributed by atoms with Gasteiger partial charge in [-0.15, -0.1) is 0 Å². The van der Waals surface area contributed by atoms with Crippen LogP contribution in [0.25, 0.3) is 0 Å². The Morgan fingerprint density at radius 2 is 2.32 bits per heavy atom. The number of hydrogen-bond acceptors (Lipinski definition) is 5. The number of halogens is 1. The summed E-state index contributed by atoms with van der Waals surface area (Å²) in [4.78, 5) is 22.4. The lowest BCUT2D eigenvalue weighted by atomic mass is 10.1. The fourth-order valence-electron chi connectivity index (χ4n) is 2.84. The number of nitrogens with zero attached hydrogens (tertiary/aromatic N) is 3. The minimum Gasteiger partial charge on any atom is -0.494 e. The molecule has 1 amide bonds. The number of rotatable bonds is 5. The Hall–Kier alpha value is -2.54. The van der Waals surface area contributed by atoms with E-state index in [1.54, 1.807) is 17.2 Å². The first kappa shape index (κ1) is 17.3. The van der Waals surface area contributed by atoms with Gasteiger partial charge in [-0.05, 0) is 37.1 Å². The van der Waals surface area contributed by atoms with E-state index in [0.29, 0.717) is 25.3 Å². The van der Waals surface area contributed by atoms with Crippen LogP contribution in [0.3, 0.4) is 0 Å². The van der Waals surface area contributed by atoms with E-state index in [9.17, 15) is 9.18 Å². The molecule has 6 nitrogen and oxygen atoms in total. The van der Waals surface area contributed by atoms with E-state index in [-0.39, 0.29) is 17.8 Å². The molecule has 0 radical (unpaired) electrons. The Balaban J connectivity index is 1.60. The lowest BCUT2D eigenvalue weighted by Gasteiger charge is -2.33. The quantitative estimate of drug-likeness (QED) is 0.830. The number of carbonyl (C=O) groups excluding carboxylic acids is 1. The molecule has 3 rings (SSSR count). The van der Waals surface area contributed by atoms with Crippen molar-refractivity contribution in [2.75, 3.05) is 26.8 Å². The average Bonchev–Trinajstić information content (AvgIpc) is 2.67. The standard InChI is InChI=1S/C18H20FN3O3/c1-24-17-5-2-13(10-16(17)19)18(23)22-8-9-25-15(11-22)4-3-14-6-7-20-12-21-14/h2,5-7,10,12,15H,3-4,8-9,11H2,1H3. The summed E-state index contributed by atoms with van der Waals surface area (Å²) >= 11 is 0. The van der Waals surface area contributed by atoms with Gasteiger partial charge >= 0.3 is 0 Å².